The average molecular weight is 504 g/mol. The van der Waals surface area contributed by atoms with Crippen LogP contribution in [0.5, 0.6) is 0 Å². The molecule has 31 heavy (non-hydrogen) atoms. The van der Waals surface area contributed by atoms with Crippen molar-refractivity contribution in [2.24, 2.45) is 0 Å². The van der Waals surface area contributed by atoms with Crippen molar-refractivity contribution in [3.05, 3.63) is 64.4 Å². The molecule has 8 heteroatoms. The number of rotatable bonds is 7. The van der Waals surface area contributed by atoms with Crippen molar-refractivity contribution >= 4 is 49.2 Å². The first-order valence-electron chi connectivity index (χ1n) is 10.2. The van der Waals surface area contributed by atoms with E-state index in [1.54, 1.807) is 29.8 Å². The van der Waals surface area contributed by atoms with Crippen molar-refractivity contribution in [2.45, 2.75) is 33.2 Å². The van der Waals surface area contributed by atoms with Gasteiger partial charge in [-0.1, -0.05) is 54.2 Å². The van der Waals surface area contributed by atoms with Crippen molar-refractivity contribution in [1.82, 2.24) is 20.2 Å². The Labute approximate surface area is 197 Å². The molecule has 1 aliphatic rings. The molecule has 3 heterocycles. The zero-order valence-electron chi connectivity index (χ0n) is 18.4. The second-order valence-electron chi connectivity index (χ2n) is 6.95. The fourth-order valence-electron chi connectivity index (χ4n) is 3.14. The molecule has 1 aliphatic heterocycles. The lowest BCUT2D eigenvalue weighted by Gasteiger charge is -2.26. The molecule has 2 aromatic heterocycles. The van der Waals surface area contributed by atoms with E-state index in [1.807, 2.05) is 24.9 Å². The van der Waals surface area contributed by atoms with Crippen LogP contribution in [0.15, 0.2) is 54.0 Å². The Balaban J connectivity index is 0.000000614. The molecule has 0 spiro atoms. The van der Waals surface area contributed by atoms with Crippen molar-refractivity contribution < 1.29 is 4.79 Å². The highest BCUT2D eigenvalue weighted by Gasteiger charge is 2.25. The van der Waals surface area contributed by atoms with E-state index in [9.17, 15) is 4.79 Å². The molecule has 6 nitrogen and oxygen atoms in total. The summed E-state index contributed by atoms with van der Waals surface area (Å²) in [7, 11) is 1.86. The van der Waals surface area contributed by atoms with Crippen LogP contribution in [0.25, 0.3) is 10.2 Å². The van der Waals surface area contributed by atoms with Crippen LogP contribution in [0.4, 0.5) is 5.82 Å². The summed E-state index contributed by atoms with van der Waals surface area (Å²) in [6, 6.07) is 0. The molecule has 0 unspecified atom stereocenters. The molecule has 2 aromatic rings. The van der Waals surface area contributed by atoms with Gasteiger partial charge in [0, 0.05) is 34.2 Å². The van der Waals surface area contributed by atoms with Crippen LogP contribution >= 0.6 is 27.3 Å². The van der Waals surface area contributed by atoms with E-state index in [0.29, 0.717) is 13.1 Å². The van der Waals surface area contributed by atoms with E-state index in [1.165, 1.54) is 10.4 Å². The van der Waals surface area contributed by atoms with Gasteiger partial charge in [-0.25, -0.2) is 9.97 Å². The maximum Gasteiger partial charge on any atom is 0.246 e. The number of amides is 1. The van der Waals surface area contributed by atoms with Gasteiger partial charge in [0.25, 0.3) is 0 Å². The molecule has 0 fully saturated rings. The Bertz CT molecular complexity index is 995. The van der Waals surface area contributed by atoms with E-state index in [-0.39, 0.29) is 5.91 Å². The van der Waals surface area contributed by atoms with Crippen molar-refractivity contribution in [3.63, 3.8) is 0 Å². The van der Waals surface area contributed by atoms with Crippen molar-refractivity contribution in [2.75, 3.05) is 25.5 Å². The van der Waals surface area contributed by atoms with Crippen LogP contribution in [-0.2, 0) is 17.8 Å². The second-order valence-corrected chi connectivity index (χ2v) is 9.05. The third-order valence-electron chi connectivity index (χ3n) is 4.58. The van der Waals surface area contributed by atoms with E-state index >= 15 is 0 Å². The zero-order valence-corrected chi connectivity index (χ0v) is 20.8. The number of anilines is 1. The van der Waals surface area contributed by atoms with E-state index < -0.39 is 0 Å². The largest absolute Gasteiger partial charge is 0.344 e. The van der Waals surface area contributed by atoms with Gasteiger partial charge in [0.15, 0.2) is 0 Å². The first-order chi connectivity index (χ1) is 14.9. The minimum atomic E-state index is 0.0644. The topological polar surface area (TPSA) is 70.2 Å². The number of carbonyl (C=O) groups is 1. The number of halogens is 1. The first kappa shape index (κ1) is 25.0. The Kier molecular flexibility index (Phi) is 10.1. The summed E-state index contributed by atoms with van der Waals surface area (Å²) in [6.45, 7) is 13.1. The Hall–Kier alpha value is -2.29. The molecule has 0 bridgehead atoms. The molecule has 0 saturated carbocycles. The molecule has 0 saturated heterocycles. The molecular weight excluding hydrogens is 474 g/mol. The molecule has 0 atom stereocenters. The van der Waals surface area contributed by atoms with E-state index in [2.05, 4.69) is 62.7 Å². The van der Waals surface area contributed by atoms with Crippen LogP contribution < -0.4 is 10.6 Å². The highest BCUT2D eigenvalue weighted by atomic mass is 79.9. The number of fused-ring (bicyclic) bond motifs is 3. The number of hydrogen-bond acceptors (Lipinski definition) is 6. The number of thiophene rings is 1. The fraction of sp³-hybridized carbons (Fsp3) is 0.348. The predicted molar refractivity (Wildman–Crippen MR) is 136 cm³/mol. The van der Waals surface area contributed by atoms with Gasteiger partial charge in [-0.2, -0.15) is 0 Å². The van der Waals surface area contributed by atoms with Gasteiger partial charge in [0.1, 0.15) is 17.0 Å². The van der Waals surface area contributed by atoms with Gasteiger partial charge in [-0.05, 0) is 32.4 Å². The standard InChI is InChI=1S/C19H25N5OS.C4H5Br/c1-4-6-13(2)23-18-17-14-8-10-24(16(25)7-5-9-20-3)11-15(14)26-19(17)22-12-21-18;1-3-4(2)5/h5-7,12,20H,4,8-11H2,1-3H3,(H,21,22,23);3H,1-2H2/b7-5+,13-6+;. The lowest BCUT2D eigenvalue weighted by atomic mass is 10.0. The Morgan fingerprint density at radius 3 is 2.81 bits per heavy atom. The van der Waals surface area contributed by atoms with Crippen molar-refractivity contribution in [1.29, 1.82) is 0 Å². The summed E-state index contributed by atoms with van der Waals surface area (Å²) in [5.41, 5.74) is 2.37. The van der Waals surface area contributed by atoms with Gasteiger partial charge in [-0.3, -0.25) is 4.79 Å². The quantitative estimate of drug-likeness (QED) is 0.403. The molecule has 166 valence electrons. The van der Waals surface area contributed by atoms with Gasteiger partial charge in [-0.15, -0.1) is 11.3 Å². The normalized spacial score (nSPS) is 13.5. The summed E-state index contributed by atoms with van der Waals surface area (Å²) < 4.78 is 0.831. The summed E-state index contributed by atoms with van der Waals surface area (Å²) in [5.74, 6) is 0.929. The van der Waals surface area contributed by atoms with Gasteiger partial charge in [0.05, 0.1) is 11.9 Å². The maximum atomic E-state index is 12.4. The number of aromatic nitrogens is 2. The summed E-state index contributed by atoms with van der Waals surface area (Å²) in [6.07, 6.45) is 10.7. The molecule has 1 amide bonds. The summed E-state index contributed by atoms with van der Waals surface area (Å²) in [4.78, 5) is 25.4. The first-order valence-corrected chi connectivity index (χ1v) is 11.8. The number of allylic oxidation sites excluding steroid dienone is 4. The smallest absolute Gasteiger partial charge is 0.246 e. The van der Waals surface area contributed by atoms with Crippen LogP contribution in [0.3, 0.4) is 0 Å². The Morgan fingerprint density at radius 2 is 2.16 bits per heavy atom. The minimum absolute atomic E-state index is 0.0644. The summed E-state index contributed by atoms with van der Waals surface area (Å²) in [5, 5.41) is 7.52. The van der Waals surface area contributed by atoms with Crippen molar-refractivity contribution in [3.8, 4) is 0 Å². The molecule has 3 rings (SSSR count). The molecule has 0 aliphatic carbocycles. The Morgan fingerprint density at radius 1 is 1.42 bits per heavy atom. The highest BCUT2D eigenvalue weighted by molar-refractivity contribution is 9.11. The lowest BCUT2D eigenvalue weighted by Crippen LogP contribution is -2.34. The van der Waals surface area contributed by atoms with Gasteiger partial charge >= 0.3 is 0 Å². The number of hydrogen-bond donors (Lipinski definition) is 2. The van der Waals surface area contributed by atoms with Crippen LogP contribution in [0.1, 0.15) is 30.7 Å². The van der Waals surface area contributed by atoms with Crippen LogP contribution in [-0.4, -0.2) is 40.9 Å². The zero-order chi connectivity index (χ0) is 22.8. The molecule has 0 radical (unpaired) electrons. The van der Waals surface area contributed by atoms with Gasteiger partial charge < -0.3 is 15.5 Å². The second kappa shape index (κ2) is 12.5. The monoisotopic (exact) mass is 503 g/mol. The number of nitrogens with one attached hydrogen (secondary N) is 2. The molecule has 0 aromatic carbocycles. The van der Waals surface area contributed by atoms with Gasteiger partial charge in [0.2, 0.25) is 5.91 Å². The third-order valence-corrected chi connectivity index (χ3v) is 6.03. The number of likely N-dealkylation sites (N-methyl/N-ethyl adjacent to an activating group) is 1. The van der Waals surface area contributed by atoms with Crippen LogP contribution in [0.2, 0.25) is 0 Å². The van der Waals surface area contributed by atoms with E-state index in [4.69, 9.17) is 0 Å². The predicted octanol–water partition coefficient (Wildman–Crippen LogP) is 5.16. The molecule has 2 N–H and O–H groups in total. The van der Waals surface area contributed by atoms with E-state index in [0.717, 1.165) is 45.6 Å². The van der Waals surface area contributed by atoms with Crippen LogP contribution in [0, 0.1) is 0 Å². The number of carbonyl (C=O) groups excluding carboxylic acids is 1. The minimum Gasteiger partial charge on any atom is -0.344 e. The third kappa shape index (κ3) is 7.12. The lowest BCUT2D eigenvalue weighted by molar-refractivity contribution is -0.126. The fourth-order valence-corrected chi connectivity index (χ4v) is 4.34. The maximum absolute atomic E-state index is 12.4. The average Bonchev–Trinajstić information content (AvgIpc) is 3.13. The SMILES string of the molecule is C=CC(=C)Br.CC/C=C(\C)Nc1ncnc2sc3c(c12)CCN(C(=O)/C=C/CNC)C3. The highest BCUT2D eigenvalue weighted by Crippen LogP contribution is 2.37. The summed E-state index contributed by atoms with van der Waals surface area (Å²) >= 11 is 4.72. The number of nitrogens with zero attached hydrogens (tertiary/aromatic N) is 3. The molecular formula is C23H30BrN5OS.